The fourth-order valence-corrected chi connectivity index (χ4v) is 2.20. The highest BCUT2D eigenvalue weighted by Crippen LogP contribution is 2.13. The summed E-state index contributed by atoms with van der Waals surface area (Å²) in [5.74, 6) is 0.798. The van der Waals surface area contributed by atoms with E-state index in [9.17, 15) is 0 Å². The van der Waals surface area contributed by atoms with E-state index in [4.69, 9.17) is 5.73 Å². The van der Waals surface area contributed by atoms with Crippen LogP contribution in [-0.4, -0.2) is 24.5 Å². The highest BCUT2D eigenvalue weighted by Gasteiger charge is 2.07. The summed E-state index contributed by atoms with van der Waals surface area (Å²) in [6.45, 7) is 10.4. The van der Waals surface area contributed by atoms with E-state index < -0.39 is 0 Å². The molecule has 2 nitrogen and oxygen atoms in total. The second-order valence-corrected chi connectivity index (χ2v) is 5.21. The Balaban J connectivity index is 2.33. The molecule has 0 spiro atoms. The second-order valence-electron chi connectivity index (χ2n) is 5.21. The van der Waals surface area contributed by atoms with Crippen LogP contribution in [0.4, 0.5) is 5.69 Å². The van der Waals surface area contributed by atoms with Crippen LogP contribution in [0, 0.1) is 5.92 Å². The summed E-state index contributed by atoms with van der Waals surface area (Å²) in [6, 6.07) is 8.20. The first-order chi connectivity index (χ1) is 8.67. The highest BCUT2D eigenvalue weighted by molar-refractivity contribution is 5.46. The number of aryl methyl sites for hydroxylation is 1. The fraction of sp³-hybridized carbons (Fsp3) is 0.625. The summed E-state index contributed by atoms with van der Waals surface area (Å²) in [5.41, 5.74) is 8.18. The summed E-state index contributed by atoms with van der Waals surface area (Å²) in [5, 5.41) is 0. The van der Waals surface area contributed by atoms with Crippen LogP contribution >= 0.6 is 0 Å². The minimum absolute atomic E-state index is 0.798. The Labute approximate surface area is 112 Å². The van der Waals surface area contributed by atoms with Gasteiger partial charge in [-0.3, -0.25) is 0 Å². The molecule has 0 radical (unpaired) electrons. The monoisotopic (exact) mass is 248 g/mol. The van der Waals surface area contributed by atoms with Gasteiger partial charge in [-0.05, 0) is 43.5 Å². The van der Waals surface area contributed by atoms with Crippen molar-refractivity contribution in [2.24, 2.45) is 5.92 Å². The molecule has 2 N–H and O–H groups in total. The lowest BCUT2D eigenvalue weighted by atomic mass is 10.1. The molecule has 0 heterocycles. The van der Waals surface area contributed by atoms with E-state index in [2.05, 4.69) is 37.8 Å². The summed E-state index contributed by atoms with van der Waals surface area (Å²) in [6.07, 6.45) is 3.55. The molecule has 0 saturated carbocycles. The molecule has 0 bridgehead atoms. The van der Waals surface area contributed by atoms with Gasteiger partial charge in [0, 0.05) is 12.2 Å². The van der Waals surface area contributed by atoms with Gasteiger partial charge in [-0.15, -0.1) is 0 Å². The summed E-state index contributed by atoms with van der Waals surface area (Å²) in [4.78, 5) is 2.55. The minimum Gasteiger partial charge on any atom is -0.399 e. The zero-order chi connectivity index (χ0) is 13.4. The number of nitrogen functional groups attached to an aromatic ring is 1. The van der Waals surface area contributed by atoms with E-state index in [1.807, 2.05) is 12.1 Å². The van der Waals surface area contributed by atoms with Crippen molar-refractivity contribution in [2.75, 3.05) is 25.4 Å². The minimum atomic E-state index is 0.798. The summed E-state index contributed by atoms with van der Waals surface area (Å²) in [7, 11) is 0. The maximum absolute atomic E-state index is 5.96. The van der Waals surface area contributed by atoms with Gasteiger partial charge in [-0.2, -0.15) is 0 Å². The van der Waals surface area contributed by atoms with Crippen LogP contribution in [0.3, 0.4) is 0 Å². The lowest BCUT2D eigenvalue weighted by Crippen LogP contribution is -2.29. The normalized spacial score (nSPS) is 12.9. The van der Waals surface area contributed by atoms with Gasteiger partial charge in [-0.1, -0.05) is 45.4 Å². The zero-order valence-electron chi connectivity index (χ0n) is 12.2. The smallest absolute Gasteiger partial charge is 0.0346 e. The number of rotatable bonds is 8. The highest BCUT2D eigenvalue weighted by atomic mass is 15.1. The Morgan fingerprint density at radius 1 is 1.22 bits per heavy atom. The van der Waals surface area contributed by atoms with Crippen molar-refractivity contribution in [3.05, 3.63) is 29.8 Å². The molecule has 0 saturated heterocycles. The number of anilines is 1. The molecule has 0 amide bonds. The van der Waals surface area contributed by atoms with Crippen molar-refractivity contribution in [2.45, 2.75) is 40.0 Å². The van der Waals surface area contributed by atoms with Crippen LogP contribution in [0.25, 0.3) is 0 Å². The number of para-hydroxylation sites is 1. The average Bonchev–Trinajstić information content (AvgIpc) is 2.39. The van der Waals surface area contributed by atoms with Crippen LogP contribution in [-0.2, 0) is 6.42 Å². The Hall–Kier alpha value is -1.02. The predicted molar refractivity (Wildman–Crippen MR) is 80.7 cm³/mol. The third-order valence-electron chi connectivity index (χ3n) is 3.69. The first-order valence-electron chi connectivity index (χ1n) is 7.23. The molecule has 1 atom stereocenters. The third kappa shape index (κ3) is 5.09. The number of nitrogens with two attached hydrogens (primary N) is 1. The van der Waals surface area contributed by atoms with Crippen molar-refractivity contribution in [1.29, 1.82) is 0 Å². The SMILES string of the molecule is CCC(C)CN(CC)CCCc1ccccc1N. The van der Waals surface area contributed by atoms with Gasteiger partial charge in [0.15, 0.2) is 0 Å². The molecular formula is C16H28N2. The molecule has 1 aromatic carbocycles. The Morgan fingerprint density at radius 2 is 1.94 bits per heavy atom. The largest absolute Gasteiger partial charge is 0.399 e. The Bertz CT molecular complexity index is 336. The van der Waals surface area contributed by atoms with Crippen LogP contribution in [0.5, 0.6) is 0 Å². The standard InChI is InChI=1S/C16H28N2/c1-4-14(3)13-18(5-2)12-8-10-15-9-6-7-11-16(15)17/h6-7,9,11,14H,4-5,8,10,12-13,17H2,1-3H3. The molecular weight excluding hydrogens is 220 g/mol. The van der Waals surface area contributed by atoms with Gasteiger partial charge in [0.05, 0.1) is 0 Å². The Kier molecular flexibility index (Phi) is 6.81. The lowest BCUT2D eigenvalue weighted by molar-refractivity contribution is 0.243. The molecule has 0 aliphatic heterocycles. The average molecular weight is 248 g/mol. The lowest BCUT2D eigenvalue weighted by Gasteiger charge is -2.23. The van der Waals surface area contributed by atoms with Crippen molar-refractivity contribution >= 4 is 5.69 Å². The molecule has 0 aliphatic rings. The van der Waals surface area contributed by atoms with Gasteiger partial charge in [-0.25, -0.2) is 0 Å². The number of benzene rings is 1. The van der Waals surface area contributed by atoms with E-state index in [1.165, 1.54) is 31.5 Å². The van der Waals surface area contributed by atoms with Gasteiger partial charge >= 0.3 is 0 Å². The predicted octanol–water partition coefficient (Wildman–Crippen LogP) is 3.57. The topological polar surface area (TPSA) is 29.3 Å². The van der Waals surface area contributed by atoms with Crippen LogP contribution in [0.15, 0.2) is 24.3 Å². The van der Waals surface area contributed by atoms with Gasteiger partial charge in [0.1, 0.15) is 0 Å². The van der Waals surface area contributed by atoms with Gasteiger partial charge in [0.2, 0.25) is 0 Å². The molecule has 102 valence electrons. The molecule has 1 unspecified atom stereocenters. The van der Waals surface area contributed by atoms with Crippen LogP contribution < -0.4 is 5.73 Å². The van der Waals surface area contributed by atoms with Crippen LogP contribution in [0.1, 0.15) is 39.2 Å². The van der Waals surface area contributed by atoms with Crippen molar-refractivity contribution < 1.29 is 0 Å². The van der Waals surface area contributed by atoms with E-state index in [-0.39, 0.29) is 0 Å². The molecule has 18 heavy (non-hydrogen) atoms. The first-order valence-corrected chi connectivity index (χ1v) is 7.23. The maximum Gasteiger partial charge on any atom is 0.0346 e. The van der Waals surface area contributed by atoms with Gasteiger partial charge in [0.25, 0.3) is 0 Å². The number of hydrogen-bond acceptors (Lipinski definition) is 2. The molecule has 0 fully saturated rings. The third-order valence-corrected chi connectivity index (χ3v) is 3.69. The fourth-order valence-electron chi connectivity index (χ4n) is 2.20. The van der Waals surface area contributed by atoms with Gasteiger partial charge < -0.3 is 10.6 Å². The maximum atomic E-state index is 5.96. The summed E-state index contributed by atoms with van der Waals surface area (Å²) >= 11 is 0. The summed E-state index contributed by atoms with van der Waals surface area (Å²) < 4.78 is 0. The van der Waals surface area contributed by atoms with E-state index >= 15 is 0 Å². The molecule has 0 aromatic heterocycles. The van der Waals surface area contributed by atoms with E-state index in [0.29, 0.717) is 0 Å². The quantitative estimate of drug-likeness (QED) is 0.713. The molecule has 2 heteroatoms. The van der Waals surface area contributed by atoms with Crippen molar-refractivity contribution in [3.8, 4) is 0 Å². The van der Waals surface area contributed by atoms with Crippen LogP contribution in [0.2, 0.25) is 0 Å². The van der Waals surface area contributed by atoms with Crippen molar-refractivity contribution in [3.63, 3.8) is 0 Å². The molecule has 0 aliphatic carbocycles. The molecule has 1 rings (SSSR count). The number of hydrogen-bond donors (Lipinski definition) is 1. The first kappa shape index (κ1) is 15.0. The zero-order valence-corrected chi connectivity index (χ0v) is 12.2. The second kappa shape index (κ2) is 8.15. The van der Waals surface area contributed by atoms with Crippen molar-refractivity contribution in [1.82, 2.24) is 4.90 Å². The van der Waals surface area contributed by atoms with E-state index in [0.717, 1.165) is 24.6 Å². The Morgan fingerprint density at radius 3 is 2.56 bits per heavy atom. The number of nitrogens with zero attached hydrogens (tertiary/aromatic N) is 1. The molecule has 1 aromatic rings. The van der Waals surface area contributed by atoms with E-state index in [1.54, 1.807) is 0 Å².